The molecule has 0 radical (unpaired) electrons. The van der Waals surface area contributed by atoms with E-state index in [1.807, 2.05) is 6.07 Å². The van der Waals surface area contributed by atoms with E-state index in [4.69, 9.17) is 0 Å². The first-order valence-corrected chi connectivity index (χ1v) is 11.1. The quantitative estimate of drug-likeness (QED) is 0.791. The van der Waals surface area contributed by atoms with E-state index in [0.717, 1.165) is 31.2 Å². The Morgan fingerprint density at radius 3 is 2.61 bits per heavy atom. The zero-order valence-electron chi connectivity index (χ0n) is 15.7. The Balaban J connectivity index is 1.75. The molecule has 1 fully saturated rings. The number of carbonyl (C=O) groups is 1. The third-order valence-corrected chi connectivity index (χ3v) is 7.35. The summed E-state index contributed by atoms with van der Waals surface area (Å²) < 4.78 is 27.4. The van der Waals surface area contributed by atoms with Crippen LogP contribution in [0.4, 0.5) is 5.69 Å². The van der Waals surface area contributed by atoms with Gasteiger partial charge in [0.25, 0.3) is 15.9 Å². The van der Waals surface area contributed by atoms with E-state index >= 15 is 0 Å². The second-order valence-electron chi connectivity index (χ2n) is 7.36. The minimum atomic E-state index is -3.65. The van der Waals surface area contributed by atoms with E-state index in [0.29, 0.717) is 16.8 Å². The van der Waals surface area contributed by atoms with Crippen molar-refractivity contribution in [1.82, 2.24) is 5.32 Å². The zero-order chi connectivity index (χ0) is 19.7. The number of hydrogen-bond donors (Lipinski definition) is 1. The van der Waals surface area contributed by atoms with Crippen molar-refractivity contribution < 1.29 is 13.2 Å². The summed E-state index contributed by atoms with van der Waals surface area (Å²) in [5, 5.41) is 3.13. The zero-order valence-corrected chi connectivity index (χ0v) is 16.5. The number of nitrogens with zero attached hydrogens (tertiary/aromatic N) is 1. The van der Waals surface area contributed by atoms with Crippen LogP contribution in [0.1, 0.15) is 42.5 Å². The second-order valence-corrected chi connectivity index (χ2v) is 9.19. The predicted octanol–water partition coefficient (Wildman–Crippen LogP) is 4.11. The van der Waals surface area contributed by atoms with Crippen molar-refractivity contribution in [3.05, 3.63) is 60.7 Å². The number of nitrogens with one attached hydrogen (secondary N) is 1. The Morgan fingerprint density at radius 2 is 1.86 bits per heavy atom. The average molecular weight is 397 g/mol. The van der Waals surface area contributed by atoms with Gasteiger partial charge in [0.2, 0.25) is 0 Å². The van der Waals surface area contributed by atoms with Crippen LogP contribution in [0.2, 0.25) is 0 Å². The van der Waals surface area contributed by atoms with E-state index < -0.39 is 10.0 Å². The molecule has 0 saturated heterocycles. The highest BCUT2D eigenvalue weighted by Gasteiger charge is 2.34. The second kappa shape index (κ2) is 7.43. The summed E-state index contributed by atoms with van der Waals surface area (Å²) in [7, 11) is -3.65. The summed E-state index contributed by atoms with van der Waals surface area (Å²) >= 11 is 0. The molecule has 0 spiro atoms. The van der Waals surface area contributed by atoms with Gasteiger partial charge in [0.05, 0.1) is 17.1 Å². The van der Waals surface area contributed by atoms with Gasteiger partial charge in [-0.25, -0.2) is 8.42 Å². The first-order chi connectivity index (χ1) is 13.5. The molecule has 0 bridgehead atoms. The lowest BCUT2D eigenvalue weighted by atomic mass is 9.95. The van der Waals surface area contributed by atoms with E-state index in [2.05, 4.69) is 11.9 Å². The summed E-state index contributed by atoms with van der Waals surface area (Å²) in [6, 6.07) is 12.4. The van der Waals surface area contributed by atoms with Gasteiger partial charge in [-0.1, -0.05) is 43.5 Å². The number of sulfonamides is 1. The van der Waals surface area contributed by atoms with E-state index in [9.17, 15) is 13.2 Å². The lowest BCUT2D eigenvalue weighted by Crippen LogP contribution is -2.37. The average Bonchev–Trinajstić information content (AvgIpc) is 2.71. The number of amides is 1. The third kappa shape index (κ3) is 3.22. The Morgan fingerprint density at radius 1 is 1.11 bits per heavy atom. The van der Waals surface area contributed by atoms with Crippen molar-refractivity contribution in [2.24, 2.45) is 0 Å². The topological polar surface area (TPSA) is 66.5 Å². The number of anilines is 1. The van der Waals surface area contributed by atoms with Crippen LogP contribution in [0.3, 0.4) is 0 Å². The monoisotopic (exact) mass is 396 g/mol. The largest absolute Gasteiger partial charge is 0.349 e. The molecule has 1 aliphatic heterocycles. The molecule has 146 valence electrons. The number of hydrogen-bond acceptors (Lipinski definition) is 3. The van der Waals surface area contributed by atoms with Gasteiger partial charge in [-0.3, -0.25) is 9.10 Å². The van der Waals surface area contributed by atoms with E-state index in [1.54, 1.807) is 42.5 Å². The standard InChI is InChI=1S/C22H24N2O3S/c1-2-14-24-20-13-12-16(22(25)23-17-8-4-3-5-9-17)15-19(20)18-10-6-7-11-21(18)28(24,26)27/h2,6-7,10-13,15,17H,1,3-5,8-9,14H2,(H,23,25). The van der Waals surface area contributed by atoms with Gasteiger partial charge in [0.1, 0.15) is 0 Å². The van der Waals surface area contributed by atoms with Crippen molar-refractivity contribution in [3.63, 3.8) is 0 Å². The highest BCUT2D eigenvalue weighted by atomic mass is 32.2. The summed E-state index contributed by atoms with van der Waals surface area (Å²) in [6.45, 7) is 3.87. The fourth-order valence-corrected chi connectivity index (χ4v) is 5.77. The van der Waals surface area contributed by atoms with Crippen molar-refractivity contribution in [3.8, 4) is 11.1 Å². The fraction of sp³-hybridized carbons (Fsp3) is 0.318. The molecule has 6 heteroatoms. The van der Waals surface area contributed by atoms with Crippen molar-refractivity contribution in [2.45, 2.75) is 43.0 Å². The van der Waals surface area contributed by atoms with Gasteiger partial charge < -0.3 is 5.32 Å². The van der Waals surface area contributed by atoms with Gasteiger partial charge in [0.15, 0.2) is 0 Å². The molecule has 1 saturated carbocycles. The maximum absolute atomic E-state index is 13.0. The summed E-state index contributed by atoms with van der Waals surface area (Å²) in [5.41, 5.74) is 2.51. The van der Waals surface area contributed by atoms with E-state index in [1.165, 1.54) is 10.7 Å². The molecule has 1 amide bonds. The number of fused-ring (bicyclic) bond motifs is 3. The molecule has 1 aliphatic carbocycles. The third-order valence-electron chi connectivity index (χ3n) is 5.51. The smallest absolute Gasteiger partial charge is 0.265 e. The maximum Gasteiger partial charge on any atom is 0.265 e. The van der Waals surface area contributed by atoms with Crippen LogP contribution in [0.5, 0.6) is 0 Å². The number of benzene rings is 2. The lowest BCUT2D eigenvalue weighted by molar-refractivity contribution is 0.0928. The highest BCUT2D eigenvalue weighted by Crippen LogP contribution is 2.43. The molecular weight excluding hydrogens is 372 g/mol. The lowest BCUT2D eigenvalue weighted by Gasteiger charge is -2.31. The summed E-state index contributed by atoms with van der Waals surface area (Å²) in [4.78, 5) is 13.0. The van der Waals surface area contributed by atoms with Crippen LogP contribution < -0.4 is 9.62 Å². The predicted molar refractivity (Wildman–Crippen MR) is 111 cm³/mol. The molecule has 0 unspecified atom stereocenters. The molecule has 0 aromatic heterocycles. The van der Waals surface area contributed by atoms with Crippen LogP contribution in [0, 0.1) is 0 Å². The van der Waals surface area contributed by atoms with Gasteiger partial charge in [-0.05, 0) is 37.1 Å². The Hall–Kier alpha value is -2.60. The fourth-order valence-electron chi connectivity index (χ4n) is 4.10. The Labute approximate surface area is 166 Å². The molecule has 5 nitrogen and oxygen atoms in total. The molecule has 4 rings (SSSR count). The van der Waals surface area contributed by atoms with Gasteiger partial charge in [-0.2, -0.15) is 0 Å². The number of rotatable bonds is 4. The van der Waals surface area contributed by atoms with Crippen LogP contribution in [-0.2, 0) is 10.0 Å². The van der Waals surface area contributed by atoms with Crippen LogP contribution in [0.15, 0.2) is 60.0 Å². The van der Waals surface area contributed by atoms with Gasteiger partial charge in [0, 0.05) is 22.7 Å². The molecule has 28 heavy (non-hydrogen) atoms. The van der Waals surface area contributed by atoms with Gasteiger partial charge >= 0.3 is 0 Å². The summed E-state index contributed by atoms with van der Waals surface area (Å²) in [6.07, 6.45) is 7.14. The molecule has 2 aromatic rings. The minimum absolute atomic E-state index is 0.101. The van der Waals surface area contributed by atoms with Crippen molar-refractivity contribution in [1.29, 1.82) is 0 Å². The van der Waals surface area contributed by atoms with Gasteiger partial charge in [-0.15, -0.1) is 6.58 Å². The van der Waals surface area contributed by atoms with E-state index in [-0.39, 0.29) is 23.4 Å². The number of carbonyl (C=O) groups excluding carboxylic acids is 1. The van der Waals surface area contributed by atoms with Crippen LogP contribution in [-0.4, -0.2) is 26.9 Å². The molecule has 2 aromatic carbocycles. The Bertz CT molecular complexity index is 1020. The SMILES string of the molecule is C=CCN1c2ccc(C(=O)NC3CCCCC3)cc2-c2ccccc2S1(=O)=O. The maximum atomic E-state index is 13.0. The molecule has 1 heterocycles. The summed E-state index contributed by atoms with van der Waals surface area (Å²) in [5.74, 6) is -0.101. The van der Waals surface area contributed by atoms with Crippen LogP contribution >= 0.6 is 0 Å². The minimum Gasteiger partial charge on any atom is -0.349 e. The normalized spacial score (nSPS) is 18.1. The van der Waals surface area contributed by atoms with Crippen molar-refractivity contribution in [2.75, 3.05) is 10.8 Å². The Kier molecular flexibility index (Phi) is 4.98. The first-order valence-electron chi connectivity index (χ1n) is 9.70. The van der Waals surface area contributed by atoms with Crippen LogP contribution in [0.25, 0.3) is 11.1 Å². The molecule has 0 atom stereocenters. The van der Waals surface area contributed by atoms with Crippen molar-refractivity contribution >= 4 is 21.6 Å². The first kappa shape index (κ1) is 18.7. The molecule has 1 N–H and O–H groups in total. The molecule has 2 aliphatic rings. The molecular formula is C22H24N2O3S. The highest BCUT2D eigenvalue weighted by molar-refractivity contribution is 7.93.